The monoisotopic (exact) mass is 221 g/mol. The van der Waals surface area contributed by atoms with Crippen LogP contribution in [0.1, 0.15) is 6.92 Å². The molecule has 0 aliphatic carbocycles. The van der Waals surface area contributed by atoms with Crippen molar-refractivity contribution in [2.45, 2.75) is 37.6 Å². The van der Waals surface area contributed by atoms with Gasteiger partial charge in [-0.25, -0.2) is 0 Å². The van der Waals surface area contributed by atoms with Crippen LogP contribution < -0.4 is 5.32 Å². The van der Waals surface area contributed by atoms with E-state index in [1.54, 1.807) is 6.92 Å². The Balaban J connectivity index is 2.70. The van der Waals surface area contributed by atoms with E-state index in [0.29, 0.717) is 6.54 Å². The minimum Gasteiger partial charge on any atom is -0.387 e. The largest absolute Gasteiger partial charge is 0.387 e. The summed E-state index contributed by atoms with van der Waals surface area (Å²) in [5.74, 6) is -0.644. The average molecular weight is 221 g/mol. The number of hydrogen-bond acceptors (Lipinski definition) is 6. The van der Waals surface area contributed by atoms with Gasteiger partial charge in [-0.3, -0.25) is 4.79 Å². The third kappa shape index (κ3) is 2.44. The number of carbonyl (C=O) groups excluding carboxylic acids is 1. The van der Waals surface area contributed by atoms with Gasteiger partial charge in [0.15, 0.2) is 12.4 Å². The van der Waals surface area contributed by atoms with Crippen LogP contribution in [-0.4, -0.2) is 63.6 Å². The van der Waals surface area contributed by atoms with Crippen LogP contribution in [0.5, 0.6) is 0 Å². The molecule has 0 aromatic carbocycles. The van der Waals surface area contributed by atoms with Crippen molar-refractivity contribution < 1.29 is 30.0 Å². The summed E-state index contributed by atoms with van der Waals surface area (Å²) in [6.45, 7) is 2.01. The molecule has 0 bridgehead atoms. The summed E-state index contributed by atoms with van der Waals surface area (Å²) < 4.78 is 4.68. The highest BCUT2D eigenvalue weighted by Crippen LogP contribution is 2.19. The Kier molecular flexibility index (Phi) is 4.00. The number of rotatable bonds is 2. The molecule has 1 aliphatic heterocycles. The highest BCUT2D eigenvalue weighted by atomic mass is 16.6. The lowest BCUT2D eigenvalue weighted by Gasteiger charge is -2.37. The minimum absolute atomic E-state index is 0.333. The summed E-state index contributed by atoms with van der Waals surface area (Å²) in [6, 6.07) is 0. The predicted octanol–water partition coefficient (Wildman–Crippen LogP) is -3.08. The van der Waals surface area contributed by atoms with E-state index in [9.17, 15) is 15.0 Å². The molecule has 0 spiro atoms. The van der Waals surface area contributed by atoms with Crippen molar-refractivity contribution in [3.8, 4) is 0 Å². The first-order chi connectivity index (χ1) is 6.99. The molecule has 1 heterocycles. The maximum atomic E-state index is 11.3. The molecule has 15 heavy (non-hydrogen) atoms. The Bertz CT molecular complexity index is 235. The van der Waals surface area contributed by atoms with E-state index in [2.05, 4.69) is 10.1 Å². The van der Waals surface area contributed by atoms with Gasteiger partial charge in [-0.05, 0) is 6.92 Å². The summed E-state index contributed by atoms with van der Waals surface area (Å²) in [6.07, 6.45) is -7.85. The van der Waals surface area contributed by atoms with Gasteiger partial charge in [0, 0.05) is 6.54 Å². The molecule has 1 aliphatic rings. The molecule has 0 saturated carbocycles. The molecule has 5 atom stereocenters. The second-order valence-electron chi connectivity index (χ2n) is 3.31. The quantitative estimate of drug-likeness (QED) is 0.337. The summed E-state index contributed by atoms with van der Waals surface area (Å²) in [7, 11) is 0. The molecule has 7 nitrogen and oxygen atoms in total. The molecule has 88 valence electrons. The number of amides is 1. The van der Waals surface area contributed by atoms with Gasteiger partial charge < -0.3 is 30.5 Å². The van der Waals surface area contributed by atoms with Crippen LogP contribution in [0.3, 0.4) is 0 Å². The highest BCUT2D eigenvalue weighted by Gasteiger charge is 2.45. The summed E-state index contributed by atoms with van der Waals surface area (Å²) >= 11 is 0. The van der Waals surface area contributed by atoms with E-state index in [0.717, 1.165) is 0 Å². The Morgan fingerprint density at radius 2 is 1.80 bits per heavy atom. The van der Waals surface area contributed by atoms with Gasteiger partial charge in [-0.15, -0.1) is 0 Å². The van der Waals surface area contributed by atoms with Gasteiger partial charge in [-0.2, -0.15) is 0 Å². The van der Waals surface area contributed by atoms with Crippen LogP contribution in [-0.2, 0) is 9.53 Å². The van der Waals surface area contributed by atoms with Crippen LogP contribution in [0.2, 0.25) is 0 Å². The number of nitrogens with one attached hydrogen (secondary N) is 1. The van der Waals surface area contributed by atoms with Gasteiger partial charge in [0.25, 0.3) is 5.91 Å². The standard InChI is InChI=1S/C8H15NO6/c1-2-9-7(13)6-4(11)3(10)5(12)8(14)15-6/h3-6,8,10-12,14H,2H2,1H3,(H,9,13). The van der Waals surface area contributed by atoms with Gasteiger partial charge in [0.2, 0.25) is 0 Å². The molecule has 5 unspecified atom stereocenters. The lowest BCUT2D eigenvalue weighted by atomic mass is 9.98. The zero-order chi connectivity index (χ0) is 11.6. The Hall–Kier alpha value is -0.730. The maximum Gasteiger partial charge on any atom is 0.252 e. The Morgan fingerprint density at radius 3 is 2.33 bits per heavy atom. The molecule has 0 radical (unpaired) electrons. The zero-order valence-corrected chi connectivity index (χ0v) is 8.20. The number of likely N-dealkylation sites (N-methyl/N-ethyl adjacent to an activating group) is 1. The van der Waals surface area contributed by atoms with Crippen molar-refractivity contribution in [3.63, 3.8) is 0 Å². The van der Waals surface area contributed by atoms with Crippen molar-refractivity contribution in [3.05, 3.63) is 0 Å². The van der Waals surface area contributed by atoms with Crippen LogP contribution in [0.15, 0.2) is 0 Å². The number of carbonyl (C=O) groups is 1. The number of ether oxygens (including phenoxy) is 1. The molecule has 0 aromatic rings. The van der Waals surface area contributed by atoms with Crippen molar-refractivity contribution >= 4 is 5.91 Å². The van der Waals surface area contributed by atoms with Crippen molar-refractivity contribution in [2.24, 2.45) is 0 Å². The molecular formula is C8H15NO6. The van der Waals surface area contributed by atoms with Gasteiger partial charge in [0.05, 0.1) is 0 Å². The lowest BCUT2D eigenvalue weighted by molar-refractivity contribution is -0.275. The number of hydrogen-bond donors (Lipinski definition) is 5. The Labute approximate surface area is 86.3 Å². The number of aliphatic hydroxyl groups excluding tert-OH is 4. The van der Waals surface area contributed by atoms with Crippen molar-refractivity contribution in [2.75, 3.05) is 6.54 Å². The van der Waals surface area contributed by atoms with Gasteiger partial charge in [0.1, 0.15) is 18.3 Å². The fourth-order valence-electron chi connectivity index (χ4n) is 1.35. The highest BCUT2D eigenvalue weighted by molar-refractivity contribution is 5.81. The summed E-state index contributed by atoms with van der Waals surface area (Å²) in [4.78, 5) is 11.3. The second-order valence-corrected chi connectivity index (χ2v) is 3.31. The molecule has 5 N–H and O–H groups in total. The fourth-order valence-corrected chi connectivity index (χ4v) is 1.35. The maximum absolute atomic E-state index is 11.3. The smallest absolute Gasteiger partial charge is 0.252 e. The molecule has 0 aromatic heterocycles. The van der Waals surface area contributed by atoms with E-state index in [-0.39, 0.29) is 0 Å². The van der Waals surface area contributed by atoms with E-state index in [1.165, 1.54) is 0 Å². The third-order valence-electron chi connectivity index (χ3n) is 2.20. The van der Waals surface area contributed by atoms with E-state index < -0.39 is 36.6 Å². The molecule has 1 saturated heterocycles. The first kappa shape index (κ1) is 12.3. The fraction of sp³-hybridized carbons (Fsp3) is 0.875. The molecular weight excluding hydrogens is 206 g/mol. The average Bonchev–Trinajstić information content (AvgIpc) is 2.20. The van der Waals surface area contributed by atoms with Crippen LogP contribution in [0, 0.1) is 0 Å². The van der Waals surface area contributed by atoms with E-state index in [4.69, 9.17) is 10.2 Å². The van der Waals surface area contributed by atoms with Crippen LogP contribution >= 0.6 is 0 Å². The molecule has 1 fully saturated rings. The minimum atomic E-state index is -1.68. The van der Waals surface area contributed by atoms with Crippen molar-refractivity contribution in [1.82, 2.24) is 5.32 Å². The van der Waals surface area contributed by atoms with Crippen molar-refractivity contribution in [1.29, 1.82) is 0 Å². The first-order valence-electron chi connectivity index (χ1n) is 4.64. The topological polar surface area (TPSA) is 119 Å². The summed E-state index contributed by atoms with van der Waals surface area (Å²) in [5, 5.41) is 39.3. The van der Waals surface area contributed by atoms with E-state index in [1.807, 2.05) is 0 Å². The normalized spacial score (nSPS) is 41.3. The Morgan fingerprint density at radius 1 is 1.20 bits per heavy atom. The van der Waals surface area contributed by atoms with Crippen LogP contribution in [0.4, 0.5) is 0 Å². The SMILES string of the molecule is CCNC(=O)C1OC(O)C(O)C(O)C1O. The molecule has 1 amide bonds. The zero-order valence-electron chi connectivity index (χ0n) is 8.20. The molecule has 7 heteroatoms. The van der Waals surface area contributed by atoms with Crippen LogP contribution in [0.25, 0.3) is 0 Å². The van der Waals surface area contributed by atoms with Gasteiger partial charge in [-0.1, -0.05) is 0 Å². The third-order valence-corrected chi connectivity index (χ3v) is 2.20. The number of aliphatic hydroxyl groups is 4. The lowest BCUT2D eigenvalue weighted by Crippen LogP contribution is -2.61. The van der Waals surface area contributed by atoms with Gasteiger partial charge >= 0.3 is 0 Å². The predicted molar refractivity (Wildman–Crippen MR) is 47.6 cm³/mol. The second kappa shape index (κ2) is 4.86. The van der Waals surface area contributed by atoms with E-state index >= 15 is 0 Å². The first-order valence-corrected chi connectivity index (χ1v) is 4.64. The summed E-state index contributed by atoms with van der Waals surface area (Å²) in [5.41, 5.74) is 0. The molecule has 1 rings (SSSR count).